The SMILES string of the molecule is CCOC(=O)C(O[Si](C)(C)C(C)(C)C)C1(OS(C)(=O)=O)NOC(C(C)=O)(C(C)=O)C1c1ccccc1. The highest BCUT2D eigenvalue weighted by molar-refractivity contribution is 7.86. The Morgan fingerprint density at radius 3 is 2.06 bits per heavy atom. The monoisotopic (exact) mass is 543 g/mol. The molecule has 1 saturated heterocycles. The molecule has 1 heterocycles. The number of benzene rings is 1. The Kier molecular flexibility index (Phi) is 8.76. The summed E-state index contributed by atoms with van der Waals surface area (Å²) in [7, 11) is -7.15. The molecule has 3 unspecified atom stereocenters. The maximum Gasteiger partial charge on any atom is 0.338 e. The first-order valence-corrected chi connectivity index (χ1v) is 16.4. The average Bonchev–Trinajstić information content (AvgIpc) is 3.07. The molecule has 0 amide bonds. The minimum Gasteiger partial charge on any atom is -0.464 e. The molecule has 0 aromatic heterocycles. The molecule has 0 aliphatic carbocycles. The molecule has 1 N–H and O–H groups in total. The Labute approximate surface area is 214 Å². The van der Waals surface area contributed by atoms with E-state index >= 15 is 0 Å². The molecular weight excluding hydrogens is 506 g/mol. The molecule has 1 aliphatic heterocycles. The summed E-state index contributed by atoms with van der Waals surface area (Å²) in [5.41, 5.74) is -1.75. The smallest absolute Gasteiger partial charge is 0.338 e. The van der Waals surface area contributed by atoms with E-state index in [-0.39, 0.29) is 6.61 Å². The summed E-state index contributed by atoms with van der Waals surface area (Å²) in [6.07, 6.45) is -0.923. The lowest BCUT2D eigenvalue weighted by molar-refractivity contribution is -0.174. The van der Waals surface area contributed by atoms with Crippen LogP contribution in [0.2, 0.25) is 18.1 Å². The average molecular weight is 544 g/mol. The number of rotatable bonds is 10. The number of hydroxylamine groups is 1. The van der Waals surface area contributed by atoms with Gasteiger partial charge in [0.15, 0.2) is 26.0 Å². The van der Waals surface area contributed by atoms with E-state index in [1.807, 2.05) is 33.9 Å². The maximum atomic E-state index is 13.5. The van der Waals surface area contributed by atoms with Crippen molar-refractivity contribution < 1.29 is 41.0 Å². The van der Waals surface area contributed by atoms with Crippen molar-refractivity contribution in [2.45, 2.75) is 83.0 Å². The Balaban J connectivity index is 2.99. The zero-order valence-corrected chi connectivity index (χ0v) is 24.1. The number of carbonyl (C=O) groups is 3. The predicted octanol–water partition coefficient (Wildman–Crippen LogP) is 2.85. The molecule has 1 aromatic carbocycles. The van der Waals surface area contributed by atoms with Gasteiger partial charge in [-0.1, -0.05) is 51.1 Å². The van der Waals surface area contributed by atoms with E-state index < -0.39 is 64.4 Å². The summed E-state index contributed by atoms with van der Waals surface area (Å²) in [6.45, 7) is 13.4. The molecule has 1 aliphatic rings. The molecular formula is C24H37NO9SSi. The van der Waals surface area contributed by atoms with Gasteiger partial charge >= 0.3 is 5.97 Å². The quantitative estimate of drug-likeness (QED) is 0.203. The van der Waals surface area contributed by atoms with E-state index in [2.05, 4.69) is 5.48 Å². The maximum absolute atomic E-state index is 13.5. The highest BCUT2D eigenvalue weighted by Gasteiger charge is 2.71. The first-order chi connectivity index (χ1) is 16.4. The van der Waals surface area contributed by atoms with Crippen molar-refractivity contribution in [2.75, 3.05) is 12.9 Å². The summed E-state index contributed by atoms with van der Waals surface area (Å²) < 4.78 is 42.8. The van der Waals surface area contributed by atoms with Crippen LogP contribution in [-0.4, -0.2) is 64.6 Å². The number of ketones is 2. The Morgan fingerprint density at radius 2 is 1.64 bits per heavy atom. The molecule has 202 valence electrons. The van der Waals surface area contributed by atoms with Crippen LogP contribution in [0.25, 0.3) is 0 Å². The normalized spacial score (nSPS) is 23.2. The van der Waals surface area contributed by atoms with Crippen molar-refractivity contribution in [1.29, 1.82) is 0 Å². The van der Waals surface area contributed by atoms with Crippen molar-refractivity contribution in [1.82, 2.24) is 5.48 Å². The molecule has 0 bridgehead atoms. The summed E-state index contributed by atoms with van der Waals surface area (Å²) in [4.78, 5) is 45.3. The van der Waals surface area contributed by atoms with Gasteiger partial charge in [-0.25, -0.2) is 8.98 Å². The van der Waals surface area contributed by atoms with E-state index in [1.54, 1.807) is 37.3 Å². The minimum atomic E-state index is -4.33. The molecule has 10 nitrogen and oxygen atoms in total. The van der Waals surface area contributed by atoms with Gasteiger partial charge in [-0.3, -0.25) is 14.4 Å². The second-order valence-electron chi connectivity index (χ2n) is 10.5. The van der Waals surface area contributed by atoms with E-state index in [9.17, 15) is 22.8 Å². The third-order valence-corrected chi connectivity index (χ3v) is 11.8. The van der Waals surface area contributed by atoms with Gasteiger partial charge in [0.25, 0.3) is 10.1 Å². The molecule has 1 aromatic rings. The van der Waals surface area contributed by atoms with Crippen molar-refractivity contribution in [2.24, 2.45) is 0 Å². The third-order valence-electron chi connectivity index (χ3n) is 6.78. The van der Waals surface area contributed by atoms with Crippen LogP contribution in [0, 0.1) is 0 Å². The van der Waals surface area contributed by atoms with Gasteiger partial charge in [-0.05, 0) is 44.5 Å². The van der Waals surface area contributed by atoms with Crippen LogP contribution in [0.4, 0.5) is 0 Å². The van der Waals surface area contributed by atoms with Gasteiger partial charge in [-0.15, -0.1) is 0 Å². The number of esters is 1. The van der Waals surface area contributed by atoms with Crippen molar-refractivity contribution in [3.63, 3.8) is 0 Å². The van der Waals surface area contributed by atoms with Gasteiger partial charge in [-0.2, -0.15) is 13.9 Å². The van der Waals surface area contributed by atoms with E-state index in [4.69, 9.17) is 18.2 Å². The Morgan fingerprint density at radius 1 is 1.11 bits per heavy atom. The Bertz CT molecular complexity index is 1080. The predicted molar refractivity (Wildman–Crippen MR) is 135 cm³/mol. The highest BCUT2D eigenvalue weighted by atomic mass is 32.2. The van der Waals surface area contributed by atoms with Crippen LogP contribution in [-0.2, 0) is 42.7 Å². The summed E-state index contributed by atoms with van der Waals surface area (Å²) in [6, 6.07) is 8.20. The minimum absolute atomic E-state index is 0.0351. The largest absolute Gasteiger partial charge is 0.464 e. The lowest BCUT2D eigenvalue weighted by Crippen LogP contribution is -2.65. The van der Waals surface area contributed by atoms with Crippen LogP contribution in [0.15, 0.2) is 30.3 Å². The number of hydrogen-bond acceptors (Lipinski definition) is 10. The molecule has 36 heavy (non-hydrogen) atoms. The Hall–Kier alpha value is -1.96. The second kappa shape index (κ2) is 10.4. The van der Waals surface area contributed by atoms with Gasteiger partial charge in [0.2, 0.25) is 11.3 Å². The molecule has 0 spiro atoms. The first-order valence-electron chi connectivity index (χ1n) is 11.6. The molecule has 0 radical (unpaired) electrons. The summed E-state index contributed by atoms with van der Waals surface area (Å²) in [5, 5.41) is -0.413. The summed E-state index contributed by atoms with van der Waals surface area (Å²) in [5.74, 6) is -3.77. The highest BCUT2D eigenvalue weighted by Crippen LogP contribution is 2.51. The van der Waals surface area contributed by atoms with Crippen molar-refractivity contribution in [3.05, 3.63) is 35.9 Å². The zero-order valence-electron chi connectivity index (χ0n) is 22.3. The van der Waals surface area contributed by atoms with Crippen LogP contribution in [0.3, 0.4) is 0 Å². The van der Waals surface area contributed by atoms with Gasteiger partial charge in [0.05, 0.1) is 18.8 Å². The van der Waals surface area contributed by atoms with Gasteiger partial charge in [0.1, 0.15) is 0 Å². The fraction of sp³-hybridized carbons (Fsp3) is 0.625. The molecule has 0 saturated carbocycles. The van der Waals surface area contributed by atoms with Crippen LogP contribution < -0.4 is 5.48 Å². The van der Waals surface area contributed by atoms with E-state index in [1.165, 1.54) is 0 Å². The molecule has 2 rings (SSSR count). The van der Waals surface area contributed by atoms with E-state index in [0.29, 0.717) is 5.56 Å². The molecule has 3 atom stereocenters. The van der Waals surface area contributed by atoms with Gasteiger partial charge < -0.3 is 9.16 Å². The zero-order chi connectivity index (χ0) is 27.7. The van der Waals surface area contributed by atoms with Crippen LogP contribution >= 0.6 is 0 Å². The number of hydrogen-bond donors (Lipinski definition) is 1. The van der Waals surface area contributed by atoms with Crippen molar-refractivity contribution >= 4 is 36.0 Å². The third kappa shape index (κ3) is 5.63. The second-order valence-corrected chi connectivity index (χ2v) is 16.8. The number of nitrogens with one attached hydrogen (secondary N) is 1. The number of carbonyl (C=O) groups excluding carboxylic acids is 3. The molecule has 1 fully saturated rings. The first kappa shape index (κ1) is 30.3. The van der Waals surface area contributed by atoms with Gasteiger partial charge in [0, 0.05) is 0 Å². The number of ether oxygens (including phenoxy) is 1. The fourth-order valence-electron chi connectivity index (χ4n) is 4.07. The lowest BCUT2D eigenvalue weighted by atomic mass is 9.71. The standard InChI is InChI=1S/C24H37NO9SSi/c1-10-31-21(28)20(32-36(8,9)22(4,5)6)24(34-35(7,29)30)19(18-14-12-11-13-15-18)23(16(2)26,17(3)27)33-25-24/h11-15,19-20,25H,10H2,1-9H3. The topological polar surface area (TPSA) is 134 Å². The fourth-order valence-corrected chi connectivity index (χ4v) is 6.00. The van der Waals surface area contributed by atoms with Crippen molar-refractivity contribution in [3.8, 4) is 0 Å². The molecule has 12 heteroatoms. The van der Waals surface area contributed by atoms with E-state index in [0.717, 1.165) is 20.1 Å². The van der Waals surface area contributed by atoms with Crippen LogP contribution in [0.1, 0.15) is 53.0 Å². The summed E-state index contributed by atoms with van der Waals surface area (Å²) >= 11 is 0. The lowest BCUT2D eigenvalue weighted by Gasteiger charge is -2.45. The number of Topliss-reactive ketones (excluding diaryl/α,β-unsaturated/α-hetero) is 2. The van der Waals surface area contributed by atoms with Crippen LogP contribution in [0.5, 0.6) is 0 Å².